The summed E-state index contributed by atoms with van der Waals surface area (Å²) in [6.45, 7) is 6.92. The fraction of sp³-hybridized carbons (Fsp3) is 0.462. The molecule has 186 valence electrons. The van der Waals surface area contributed by atoms with Crippen LogP contribution in [0.15, 0.2) is 51.6 Å². The van der Waals surface area contributed by atoms with Crippen LogP contribution in [0, 0.1) is 12.8 Å². The van der Waals surface area contributed by atoms with Crippen molar-refractivity contribution in [1.82, 2.24) is 9.80 Å². The van der Waals surface area contributed by atoms with E-state index in [9.17, 15) is 14.4 Å². The molecular formula is C26H31N3O5S. The summed E-state index contributed by atoms with van der Waals surface area (Å²) in [5, 5.41) is 2.66. The summed E-state index contributed by atoms with van der Waals surface area (Å²) >= 11 is 1.45. The number of amidine groups is 1. The number of rotatable bonds is 6. The quantitative estimate of drug-likeness (QED) is 0.550. The van der Waals surface area contributed by atoms with E-state index < -0.39 is 12.0 Å². The van der Waals surface area contributed by atoms with Crippen LogP contribution < -0.4 is 0 Å². The third-order valence-electron chi connectivity index (χ3n) is 6.62. The highest BCUT2D eigenvalue weighted by atomic mass is 32.2. The number of fused-ring (bicyclic) bond motifs is 1. The molecule has 0 radical (unpaired) electrons. The zero-order chi connectivity index (χ0) is 25.1. The van der Waals surface area contributed by atoms with Crippen molar-refractivity contribution < 1.29 is 23.9 Å². The molecule has 1 amide bonds. The number of piperidine rings is 1. The number of thioether (sulfide) groups is 1. The summed E-state index contributed by atoms with van der Waals surface area (Å²) in [5.74, 6) is -1.02. The maximum Gasteiger partial charge on any atom is 0.338 e. The van der Waals surface area contributed by atoms with E-state index >= 15 is 0 Å². The Hall–Kier alpha value is -3.07. The summed E-state index contributed by atoms with van der Waals surface area (Å²) < 4.78 is 10.3. The van der Waals surface area contributed by atoms with Gasteiger partial charge in [0.25, 0.3) is 0 Å². The number of benzene rings is 1. The Balaban J connectivity index is 1.61. The summed E-state index contributed by atoms with van der Waals surface area (Å²) in [6, 6.07) is 7.46. The maximum atomic E-state index is 13.4. The number of amides is 1. The lowest BCUT2D eigenvalue weighted by molar-refractivity contribution is -0.151. The van der Waals surface area contributed by atoms with E-state index in [1.54, 1.807) is 11.8 Å². The van der Waals surface area contributed by atoms with Crippen LogP contribution in [0.3, 0.4) is 0 Å². The van der Waals surface area contributed by atoms with Crippen LogP contribution in [0.1, 0.15) is 50.3 Å². The van der Waals surface area contributed by atoms with Crippen molar-refractivity contribution in [2.75, 3.05) is 26.8 Å². The van der Waals surface area contributed by atoms with Gasteiger partial charge >= 0.3 is 11.9 Å². The van der Waals surface area contributed by atoms with Crippen LogP contribution in [-0.2, 0) is 23.9 Å². The van der Waals surface area contributed by atoms with Crippen molar-refractivity contribution in [2.24, 2.45) is 10.9 Å². The Kier molecular flexibility index (Phi) is 7.64. The molecule has 9 heteroatoms. The fourth-order valence-corrected chi connectivity index (χ4v) is 5.82. The molecule has 3 heterocycles. The minimum atomic E-state index is -0.446. The molecule has 2 atom stereocenters. The Labute approximate surface area is 210 Å². The first-order chi connectivity index (χ1) is 16.8. The van der Waals surface area contributed by atoms with E-state index in [0.29, 0.717) is 31.0 Å². The van der Waals surface area contributed by atoms with Crippen LogP contribution in [0.2, 0.25) is 0 Å². The number of allylic oxidation sites excluding steroid dienone is 1. The van der Waals surface area contributed by atoms with Crippen molar-refractivity contribution in [3.05, 3.63) is 57.8 Å². The van der Waals surface area contributed by atoms with Crippen LogP contribution >= 0.6 is 11.8 Å². The lowest BCUT2D eigenvalue weighted by atomic mass is 9.91. The third kappa shape index (κ3) is 5.00. The fourth-order valence-electron chi connectivity index (χ4n) is 4.85. The lowest BCUT2D eigenvalue weighted by Gasteiger charge is -2.37. The number of carbonyl (C=O) groups excluding carboxylic acids is 3. The van der Waals surface area contributed by atoms with Gasteiger partial charge in [-0.25, -0.2) is 9.79 Å². The zero-order valence-electron chi connectivity index (χ0n) is 20.6. The van der Waals surface area contributed by atoms with E-state index in [-0.39, 0.29) is 24.2 Å². The molecule has 3 aliphatic heterocycles. The van der Waals surface area contributed by atoms with Crippen LogP contribution in [-0.4, -0.2) is 59.6 Å². The molecule has 4 rings (SSSR count). The average molecular weight is 498 g/mol. The van der Waals surface area contributed by atoms with Crippen LogP contribution in [0.5, 0.6) is 0 Å². The highest BCUT2D eigenvalue weighted by Crippen LogP contribution is 2.45. The zero-order valence-corrected chi connectivity index (χ0v) is 21.4. The Morgan fingerprint density at radius 3 is 2.69 bits per heavy atom. The van der Waals surface area contributed by atoms with Gasteiger partial charge in [-0.1, -0.05) is 36.0 Å². The van der Waals surface area contributed by atoms with Crippen molar-refractivity contribution in [2.45, 2.75) is 46.1 Å². The number of likely N-dealkylation sites (tertiary alicyclic amines) is 1. The molecule has 1 aromatic rings. The number of esters is 2. The topological polar surface area (TPSA) is 88.5 Å². The standard InChI is InChI=1S/C26H31N3O5S/c1-5-34-24(31)18-10-8-12-28(14-18)21(30)13-19-15-35-26-27-17(3)22(25(32)33-4)23(29(19)26)20-11-7-6-9-16(20)2/h6-7,9,11,15,18,23H,5,8,10,12-14H2,1-4H3/t18-,23+/m0/s1. The monoisotopic (exact) mass is 497 g/mol. The highest BCUT2D eigenvalue weighted by molar-refractivity contribution is 8.16. The van der Waals surface area contributed by atoms with Gasteiger partial charge in [-0.3, -0.25) is 9.59 Å². The molecule has 1 fully saturated rings. The smallest absolute Gasteiger partial charge is 0.338 e. The van der Waals surface area contributed by atoms with Gasteiger partial charge in [-0.05, 0) is 50.1 Å². The second-order valence-electron chi connectivity index (χ2n) is 8.85. The van der Waals surface area contributed by atoms with E-state index in [4.69, 9.17) is 9.47 Å². The van der Waals surface area contributed by atoms with Crippen LogP contribution in [0.4, 0.5) is 0 Å². The molecule has 8 nitrogen and oxygen atoms in total. The lowest BCUT2D eigenvalue weighted by Crippen LogP contribution is -2.44. The third-order valence-corrected chi connectivity index (χ3v) is 7.50. The molecule has 0 saturated carbocycles. The molecule has 0 aromatic heterocycles. The Morgan fingerprint density at radius 2 is 1.97 bits per heavy atom. The molecule has 0 spiro atoms. The molecule has 3 aliphatic rings. The molecule has 0 N–H and O–H groups in total. The first kappa shape index (κ1) is 25.0. The van der Waals surface area contributed by atoms with E-state index in [1.807, 2.05) is 48.4 Å². The summed E-state index contributed by atoms with van der Waals surface area (Å²) in [7, 11) is 1.37. The average Bonchev–Trinajstić information content (AvgIpc) is 3.25. The molecule has 1 saturated heterocycles. The Morgan fingerprint density at radius 1 is 1.20 bits per heavy atom. The van der Waals surface area contributed by atoms with Gasteiger partial charge in [-0.2, -0.15) is 0 Å². The molecular weight excluding hydrogens is 466 g/mol. The summed E-state index contributed by atoms with van der Waals surface area (Å²) in [5.41, 5.74) is 3.84. The minimum absolute atomic E-state index is 0.0541. The number of ether oxygens (including phenoxy) is 2. The van der Waals surface area contributed by atoms with Gasteiger partial charge < -0.3 is 19.3 Å². The second kappa shape index (κ2) is 10.7. The number of carbonyl (C=O) groups is 3. The number of nitrogens with zero attached hydrogens (tertiary/aromatic N) is 3. The summed E-state index contributed by atoms with van der Waals surface area (Å²) in [4.78, 5) is 46.9. The number of methoxy groups -OCH3 is 1. The van der Waals surface area contributed by atoms with Crippen molar-refractivity contribution in [1.29, 1.82) is 0 Å². The number of hydrogen-bond acceptors (Lipinski definition) is 8. The minimum Gasteiger partial charge on any atom is -0.466 e. The SMILES string of the molecule is CCOC(=O)[C@H]1CCCN(C(=O)CC2=CSC3=NC(C)=C(C(=O)OC)[C@@H](c4ccccc4C)N23)C1. The van der Waals surface area contributed by atoms with Crippen LogP contribution in [0.25, 0.3) is 0 Å². The number of aliphatic imine (C=N–C) groups is 1. The molecule has 1 aromatic carbocycles. The second-order valence-corrected chi connectivity index (χ2v) is 9.69. The summed E-state index contributed by atoms with van der Waals surface area (Å²) in [6.07, 6.45) is 1.64. The molecule has 0 aliphatic carbocycles. The van der Waals surface area contributed by atoms with Gasteiger partial charge in [-0.15, -0.1) is 0 Å². The van der Waals surface area contributed by atoms with Crippen molar-refractivity contribution in [3.8, 4) is 0 Å². The van der Waals surface area contributed by atoms with Gasteiger partial charge in [0.2, 0.25) is 5.91 Å². The number of aryl methyl sites for hydroxylation is 1. The highest BCUT2D eigenvalue weighted by Gasteiger charge is 2.42. The first-order valence-corrected chi connectivity index (χ1v) is 12.8. The molecule has 35 heavy (non-hydrogen) atoms. The molecule has 0 bridgehead atoms. The van der Waals surface area contributed by atoms with Gasteiger partial charge in [0, 0.05) is 18.8 Å². The van der Waals surface area contributed by atoms with Crippen molar-refractivity contribution in [3.63, 3.8) is 0 Å². The predicted octanol–water partition coefficient (Wildman–Crippen LogP) is 3.93. The largest absolute Gasteiger partial charge is 0.466 e. The van der Waals surface area contributed by atoms with Gasteiger partial charge in [0.05, 0.1) is 43.4 Å². The maximum absolute atomic E-state index is 13.4. The van der Waals surface area contributed by atoms with Gasteiger partial charge in [0.1, 0.15) is 0 Å². The van der Waals surface area contributed by atoms with Gasteiger partial charge in [0.15, 0.2) is 5.17 Å². The van der Waals surface area contributed by atoms with E-state index in [2.05, 4.69) is 4.99 Å². The predicted molar refractivity (Wildman–Crippen MR) is 134 cm³/mol. The number of hydrogen-bond donors (Lipinski definition) is 0. The molecule has 0 unspecified atom stereocenters. The normalized spacial score (nSPS) is 21.8. The Bertz CT molecular complexity index is 1130. The van der Waals surface area contributed by atoms with E-state index in [0.717, 1.165) is 34.8 Å². The first-order valence-electron chi connectivity index (χ1n) is 11.9. The van der Waals surface area contributed by atoms with E-state index in [1.165, 1.54) is 18.9 Å². The van der Waals surface area contributed by atoms with Crippen molar-refractivity contribution >= 4 is 34.8 Å².